The third-order valence-electron chi connectivity index (χ3n) is 1.52. The minimum absolute atomic E-state index is 0. The second-order valence-corrected chi connectivity index (χ2v) is 6.01. The molecule has 0 aromatic carbocycles. The van der Waals surface area contributed by atoms with Gasteiger partial charge in [0.1, 0.15) is 5.34 Å². The minimum Gasteiger partial charge on any atom is -0.380 e. The molecule has 0 saturated heterocycles. The Kier molecular flexibility index (Phi) is 6.46. The molecule has 0 saturated carbocycles. The van der Waals surface area contributed by atoms with Crippen molar-refractivity contribution in [3.8, 4) is 0 Å². The lowest BCUT2D eigenvalue weighted by atomic mass is 10.5. The van der Waals surface area contributed by atoms with Crippen molar-refractivity contribution in [3.63, 3.8) is 0 Å². The molecule has 0 heterocycles. The lowest BCUT2D eigenvalue weighted by Gasteiger charge is -2.24. The van der Waals surface area contributed by atoms with Gasteiger partial charge in [-0.1, -0.05) is 0 Å². The van der Waals surface area contributed by atoms with Crippen LogP contribution in [0.4, 0.5) is 0 Å². The van der Waals surface area contributed by atoms with Crippen molar-refractivity contribution in [2.45, 2.75) is 25.6 Å². The lowest BCUT2D eigenvalue weighted by Crippen LogP contribution is -2.21. The van der Waals surface area contributed by atoms with Gasteiger partial charge < -0.3 is 15.7 Å². The maximum atomic E-state index is 11.2. The number of hydrogen-bond donors (Lipinski definition) is 3. The standard InChI is InChI=1S/C6H16NO3P.ClH/c1-6(2,8)11(9,10)5-3-4-7;/h8H,3-5,7H2,1-2H3,(H,9,10);1H. The van der Waals surface area contributed by atoms with Crippen LogP contribution in [0.5, 0.6) is 0 Å². The first-order chi connectivity index (χ1) is 4.81. The molecule has 0 aliphatic heterocycles. The molecule has 1 atom stereocenters. The van der Waals surface area contributed by atoms with Gasteiger partial charge in [0, 0.05) is 6.16 Å². The molecule has 0 amide bonds. The minimum atomic E-state index is -3.42. The van der Waals surface area contributed by atoms with E-state index >= 15 is 0 Å². The van der Waals surface area contributed by atoms with E-state index in [-0.39, 0.29) is 18.6 Å². The molecule has 6 heteroatoms. The molecule has 1 unspecified atom stereocenters. The predicted octanol–water partition coefficient (Wildman–Crippen LogP) is 0.756. The zero-order chi connectivity index (χ0) is 9.12. The smallest absolute Gasteiger partial charge is 0.230 e. The van der Waals surface area contributed by atoms with Crippen LogP contribution in [0.25, 0.3) is 0 Å². The monoisotopic (exact) mass is 217 g/mol. The van der Waals surface area contributed by atoms with Gasteiger partial charge in [-0.3, -0.25) is 4.57 Å². The molecule has 0 aliphatic carbocycles. The van der Waals surface area contributed by atoms with E-state index in [1.165, 1.54) is 13.8 Å². The van der Waals surface area contributed by atoms with E-state index in [2.05, 4.69) is 0 Å². The molecular formula is C6H17ClNO3P. The Labute approximate surface area is 79.0 Å². The number of hydrogen-bond acceptors (Lipinski definition) is 3. The van der Waals surface area contributed by atoms with Crippen LogP contribution in [-0.4, -0.2) is 28.0 Å². The van der Waals surface area contributed by atoms with E-state index in [0.717, 1.165) is 0 Å². The van der Waals surface area contributed by atoms with Crippen molar-refractivity contribution in [2.24, 2.45) is 5.73 Å². The van der Waals surface area contributed by atoms with Gasteiger partial charge in [-0.05, 0) is 26.8 Å². The van der Waals surface area contributed by atoms with Gasteiger partial charge >= 0.3 is 0 Å². The van der Waals surface area contributed by atoms with E-state index in [0.29, 0.717) is 13.0 Å². The SMILES string of the molecule is CC(C)(O)P(=O)(O)CCCN.Cl. The summed E-state index contributed by atoms with van der Waals surface area (Å²) in [5.74, 6) is 0. The maximum absolute atomic E-state index is 11.2. The fourth-order valence-electron chi connectivity index (χ4n) is 0.579. The van der Waals surface area contributed by atoms with E-state index in [9.17, 15) is 14.6 Å². The van der Waals surface area contributed by atoms with Gasteiger partial charge in [0.25, 0.3) is 0 Å². The molecule has 0 rings (SSSR count). The number of aliphatic hydroxyl groups is 1. The Morgan fingerprint density at radius 3 is 2.17 bits per heavy atom. The van der Waals surface area contributed by atoms with Crippen molar-refractivity contribution < 1.29 is 14.6 Å². The fourth-order valence-corrected chi connectivity index (χ4v) is 1.74. The highest BCUT2D eigenvalue weighted by Crippen LogP contribution is 2.52. The normalized spacial score (nSPS) is 16.4. The average molecular weight is 218 g/mol. The number of halogens is 1. The van der Waals surface area contributed by atoms with Crippen molar-refractivity contribution in [2.75, 3.05) is 12.7 Å². The summed E-state index contributed by atoms with van der Waals surface area (Å²) in [5.41, 5.74) is 5.17. The van der Waals surface area contributed by atoms with E-state index in [4.69, 9.17) is 5.73 Å². The van der Waals surface area contributed by atoms with Gasteiger partial charge in [0.2, 0.25) is 7.37 Å². The van der Waals surface area contributed by atoms with E-state index in [1.807, 2.05) is 0 Å². The first-order valence-corrected chi connectivity index (χ1v) is 5.40. The molecule has 0 aromatic rings. The average Bonchev–Trinajstić information content (AvgIpc) is 1.81. The Morgan fingerprint density at radius 2 is 1.92 bits per heavy atom. The number of rotatable bonds is 4. The van der Waals surface area contributed by atoms with Gasteiger partial charge in [-0.2, -0.15) is 0 Å². The molecule has 12 heavy (non-hydrogen) atoms. The Morgan fingerprint density at radius 1 is 1.50 bits per heavy atom. The van der Waals surface area contributed by atoms with Crippen LogP contribution >= 0.6 is 19.8 Å². The van der Waals surface area contributed by atoms with Crippen LogP contribution < -0.4 is 5.73 Å². The maximum Gasteiger partial charge on any atom is 0.230 e. The summed E-state index contributed by atoms with van der Waals surface area (Å²) in [5, 5.41) is 7.72. The molecule has 76 valence electrons. The summed E-state index contributed by atoms with van der Waals surface area (Å²) >= 11 is 0. The van der Waals surface area contributed by atoms with Crippen LogP contribution in [-0.2, 0) is 4.57 Å². The lowest BCUT2D eigenvalue weighted by molar-refractivity contribution is 0.148. The Hall–Kier alpha value is 0.400. The third kappa shape index (κ3) is 4.43. The van der Waals surface area contributed by atoms with Crippen LogP contribution in [0.2, 0.25) is 0 Å². The summed E-state index contributed by atoms with van der Waals surface area (Å²) in [6, 6.07) is 0. The molecule has 0 radical (unpaired) electrons. The highest BCUT2D eigenvalue weighted by molar-refractivity contribution is 7.59. The Balaban J connectivity index is 0. The third-order valence-corrected chi connectivity index (χ3v) is 4.15. The molecule has 4 N–H and O–H groups in total. The van der Waals surface area contributed by atoms with Crippen molar-refractivity contribution in [1.29, 1.82) is 0 Å². The van der Waals surface area contributed by atoms with Crippen LogP contribution in [0.1, 0.15) is 20.3 Å². The van der Waals surface area contributed by atoms with E-state index < -0.39 is 12.7 Å². The second-order valence-electron chi connectivity index (χ2n) is 3.06. The van der Waals surface area contributed by atoms with Crippen molar-refractivity contribution in [3.05, 3.63) is 0 Å². The first kappa shape index (κ1) is 14.9. The highest BCUT2D eigenvalue weighted by Gasteiger charge is 2.35. The molecule has 0 fully saturated rings. The molecule has 0 aromatic heterocycles. The molecular weight excluding hydrogens is 200 g/mol. The quantitative estimate of drug-likeness (QED) is 0.607. The summed E-state index contributed by atoms with van der Waals surface area (Å²) in [6.07, 6.45) is 0.560. The fraction of sp³-hybridized carbons (Fsp3) is 1.00. The van der Waals surface area contributed by atoms with Crippen molar-refractivity contribution in [1.82, 2.24) is 0 Å². The van der Waals surface area contributed by atoms with Crippen LogP contribution in [0.15, 0.2) is 0 Å². The first-order valence-electron chi connectivity index (χ1n) is 3.55. The molecule has 0 spiro atoms. The summed E-state index contributed by atoms with van der Waals surface area (Å²) in [7, 11) is -3.42. The van der Waals surface area contributed by atoms with E-state index in [1.54, 1.807) is 0 Å². The molecule has 0 bridgehead atoms. The number of nitrogens with two attached hydrogens (primary N) is 1. The van der Waals surface area contributed by atoms with Gasteiger partial charge in [0.05, 0.1) is 0 Å². The van der Waals surface area contributed by atoms with Gasteiger partial charge in [0.15, 0.2) is 0 Å². The van der Waals surface area contributed by atoms with Gasteiger partial charge in [-0.25, -0.2) is 0 Å². The highest BCUT2D eigenvalue weighted by atomic mass is 35.5. The Bertz CT molecular complexity index is 169. The van der Waals surface area contributed by atoms with Crippen LogP contribution in [0.3, 0.4) is 0 Å². The predicted molar refractivity (Wildman–Crippen MR) is 51.9 cm³/mol. The largest absolute Gasteiger partial charge is 0.380 e. The molecule has 0 aliphatic rings. The van der Waals surface area contributed by atoms with Crippen LogP contribution in [0, 0.1) is 0 Å². The zero-order valence-electron chi connectivity index (χ0n) is 7.36. The summed E-state index contributed by atoms with van der Waals surface area (Å²) in [6.45, 7) is 3.05. The zero-order valence-corrected chi connectivity index (χ0v) is 9.07. The van der Waals surface area contributed by atoms with Gasteiger partial charge in [-0.15, -0.1) is 12.4 Å². The molecule has 4 nitrogen and oxygen atoms in total. The second kappa shape index (κ2) is 5.20. The topological polar surface area (TPSA) is 83.5 Å². The van der Waals surface area contributed by atoms with Crippen molar-refractivity contribution >= 4 is 19.8 Å². The summed E-state index contributed by atoms with van der Waals surface area (Å²) in [4.78, 5) is 9.23. The summed E-state index contributed by atoms with van der Waals surface area (Å²) < 4.78 is 11.2.